The third kappa shape index (κ3) is 1.90. The lowest BCUT2D eigenvalue weighted by Gasteiger charge is -2.20. The van der Waals surface area contributed by atoms with E-state index >= 15 is 0 Å². The minimum atomic E-state index is -0.265. The molecule has 0 saturated heterocycles. The number of nitrogens with zero attached hydrogens (tertiary/aromatic N) is 1. The molecular weight excluding hydrogens is 193 g/mol. The van der Waals surface area contributed by atoms with Gasteiger partial charge in [-0.05, 0) is 30.5 Å². The molecule has 4 N–H and O–H groups in total. The summed E-state index contributed by atoms with van der Waals surface area (Å²) >= 11 is 0. The van der Waals surface area contributed by atoms with Crippen molar-refractivity contribution >= 4 is 11.4 Å². The van der Waals surface area contributed by atoms with Crippen molar-refractivity contribution in [3.8, 4) is 0 Å². The second-order valence-corrected chi connectivity index (χ2v) is 4.05. The molecule has 0 atom stereocenters. The summed E-state index contributed by atoms with van der Waals surface area (Å²) in [6.45, 7) is 0.345. The number of halogens is 1. The topological polar surface area (TPSA) is 55.3 Å². The van der Waals surface area contributed by atoms with Crippen LogP contribution in [0.3, 0.4) is 0 Å². The molecule has 0 spiro atoms. The normalized spacial score (nSPS) is 15.4. The molecule has 1 fully saturated rings. The van der Waals surface area contributed by atoms with E-state index in [9.17, 15) is 4.39 Å². The molecule has 1 aliphatic rings. The van der Waals surface area contributed by atoms with E-state index in [0.717, 1.165) is 18.4 Å². The van der Waals surface area contributed by atoms with Crippen LogP contribution in [-0.2, 0) is 6.54 Å². The predicted octanol–water partition coefficient (Wildman–Crippen LogP) is 1.47. The fraction of sp³-hybridized carbons (Fsp3) is 0.455. The van der Waals surface area contributed by atoms with Crippen LogP contribution in [0.15, 0.2) is 12.1 Å². The molecule has 0 aromatic heterocycles. The van der Waals surface area contributed by atoms with Gasteiger partial charge in [0, 0.05) is 25.3 Å². The van der Waals surface area contributed by atoms with E-state index in [4.69, 9.17) is 11.5 Å². The van der Waals surface area contributed by atoms with Gasteiger partial charge in [-0.1, -0.05) is 0 Å². The van der Waals surface area contributed by atoms with E-state index in [1.165, 1.54) is 6.07 Å². The van der Waals surface area contributed by atoms with E-state index in [-0.39, 0.29) is 5.82 Å². The van der Waals surface area contributed by atoms with Crippen molar-refractivity contribution < 1.29 is 4.39 Å². The lowest BCUT2D eigenvalue weighted by Crippen LogP contribution is -2.21. The molecule has 15 heavy (non-hydrogen) atoms. The van der Waals surface area contributed by atoms with Gasteiger partial charge in [0.1, 0.15) is 5.82 Å². The minimum absolute atomic E-state index is 0.265. The lowest BCUT2D eigenvalue weighted by molar-refractivity contribution is 0.622. The number of nitrogens with two attached hydrogens (primary N) is 2. The first-order valence-electron chi connectivity index (χ1n) is 5.14. The summed E-state index contributed by atoms with van der Waals surface area (Å²) in [4.78, 5) is 1.97. The molecule has 3 nitrogen and oxygen atoms in total. The number of benzene rings is 1. The molecule has 82 valence electrons. The molecular formula is C11H16FN3. The summed E-state index contributed by atoms with van der Waals surface area (Å²) < 4.78 is 13.6. The second-order valence-electron chi connectivity index (χ2n) is 4.05. The average Bonchev–Trinajstić information content (AvgIpc) is 3.00. The summed E-state index contributed by atoms with van der Waals surface area (Å²) in [6, 6.07) is 3.59. The van der Waals surface area contributed by atoms with E-state index in [1.807, 2.05) is 11.9 Å². The first kappa shape index (κ1) is 10.2. The molecule has 1 aromatic rings. The molecule has 0 amide bonds. The van der Waals surface area contributed by atoms with Crippen LogP contribution >= 0.6 is 0 Å². The minimum Gasteiger partial charge on any atom is -0.398 e. The first-order chi connectivity index (χ1) is 7.13. The van der Waals surface area contributed by atoms with Crippen molar-refractivity contribution in [2.24, 2.45) is 5.73 Å². The number of hydrogen-bond acceptors (Lipinski definition) is 3. The third-order valence-corrected chi connectivity index (χ3v) is 2.90. The quantitative estimate of drug-likeness (QED) is 0.741. The van der Waals surface area contributed by atoms with Crippen molar-refractivity contribution in [3.63, 3.8) is 0 Å². The zero-order valence-electron chi connectivity index (χ0n) is 8.83. The van der Waals surface area contributed by atoms with Gasteiger partial charge in [0.25, 0.3) is 0 Å². The van der Waals surface area contributed by atoms with Crippen molar-refractivity contribution in [1.29, 1.82) is 0 Å². The van der Waals surface area contributed by atoms with E-state index < -0.39 is 0 Å². The molecule has 0 unspecified atom stereocenters. The highest BCUT2D eigenvalue weighted by Crippen LogP contribution is 2.33. The Labute approximate surface area is 88.9 Å². The Balaban J connectivity index is 2.36. The van der Waals surface area contributed by atoms with Gasteiger partial charge in [-0.2, -0.15) is 0 Å². The highest BCUT2D eigenvalue weighted by atomic mass is 19.1. The fourth-order valence-corrected chi connectivity index (χ4v) is 1.73. The summed E-state index contributed by atoms with van der Waals surface area (Å²) in [5.41, 5.74) is 13.0. The monoisotopic (exact) mass is 209 g/mol. The van der Waals surface area contributed by atoms with Crippen molar-refractivity contribution in [2.75, 3.05) is 17.7 Å². The van der Waals surface area contributed by atoms with Gasteiger partial charge in [0.05, 0.1) is 5.69 Å². The first-order valence-corrected chi connectivity index (χ1v) is 5.14. The Bertz CT molecular complexity index is 374. The van der Waals surface area contributed by atoms with Gasteiger partial charge in [-0.25, -0.2) is 4.39 Å². The van der Waals surface area contributed by atoms with E-state index in [0.29, 0.717) is 24.0 Å². The molecule has 0 radical (unpaired) electrons. The molecule has 1 aliphatic carbocycles. The standard InChI is InChI=1S/C11H16FN3/c1-15(8-2-3-8)11-4-7(6-13)10(14)5-9(11)12/h4-5,8H,2-3,6,13-14H2,1H3. The van der Waals surface area contributed by atoms with E-state index in [2.05, 4.69) is 0 Å². The largest absolute Gasteiger partial charge is 0.398 e. The fourth-order valence-electron chi connectivity index (χ4n) is 1.73. The summed E-state index contributed by atoms with van der Waals surface area (Å²) in [5.74, 6) is -0.265. The number of hydrogen-bond donors (Lipinski definition) is 2. The average molecular weight is 209 g/mol. The highest BCUT2D eigenvalue weighted by Gasteiger charge is 2.28. The van der Waals surface area contributed by atoms with Crippen LogP contribution in [0.2, 0.25) is 0 Å². The van der Waals surface area contributed by atoms with Crippen molar-refractivity contribution in [3.05, 3.63) is 23.5 Å². The zero-order chi connectivity index (χ0) is 11.0. The van der Waals surface area contributed by atoms with Crippen LogP contribution in [0.25, 0.3) is 0 Å². The zero-order valence-corrected chi connectivity index (χ0v) is 8.83. The maximum Gasteiger partial charge on any atom is 0.148 e. The van der Waals surface area contributed by atoms with Gasteiger partial charge >= 0.3 is 0 Å². The van der Waals surface area contributed by atoms with Crippen molar-refractivity contribution in [1.82, 2.24) is 0 Å². The molecule has 0 bridgehead atoms. The van der Waals surface area contributed by atoms with Crippen LogP contribution < -0.4 is 16.4 Å². The molecule has 1 aromatic carbocycles. The summed E-state index contributed by atoms with van der Waals surface area (Å²) in [6.07, 6.45) is 2.27. The maximum absolute atomic E-state index is 13.6. The Hall–Kier alpha value is -1.29. The number of nitrogen functional groups attached to an aromatic ring is 1. The summed E-state index contributed by atoms with van der Waals surface area (Å²) in [5, 5.41) is 0. The Kier molecular flexibility index (Phi) is 2.52. The lowest BCUT2D eigenvalue weighted by atomic mass is 10.1. The molecule has 0 aliphatic heterocycles. The Morgan fingerprint density at radius 3 is 2.67 bits per heavy atom. The molecule has 2 rings (SSSR count). The van der Waals surface area contributed by atoms with E-state index in [1.54, 1.807) is 6.07 Å². The Morgan fingerprint density at radius 2 is 2.13 bits per heavy atom. The van der Waals surface area contributed by atoms with Crippen LogP contribution in [-0.4, -0.2) is 13.1 Å². The number of rotatable bonds is 3. The van der Waals surface area contributed by atoms with Gasteiger partial charge in [0.2, 0.25) is 0 Å². The third-order valence-electron chi connectivity index (χ3n) is 2.90. The molecule has 0 heterocycles. The van der Waals surface area contributed by atoms with Crippen LogP contribution in [0.5, 0.6) is 0 Å². The molecule has 4 heteroatoms. The number of anilines is 2. The predicted molar refractivity (Wildman–Crippen MR) is 60.1 cm³/mol. The van der Waals surface area contributed by atoms with Crippen LogP contribution in [0, 0.1) is 5.82 Å². The highest BCUT2D eigenvalue weighted by molar-refractivity contribution is 5.60. The maximum atomic E-state index is 13.6. The SMILES string of the molecule is CN(c1cc(CN)c(N)cc1F)C1CC1. The van der Waals surface area contributed by atoms with Gasteiger partial charge in [-0.15, -0.1) is 0 Å². The van der Waals surface area contributed by atoms with Crippen LogP contribution in [0.4, 0.5) is 15.8 Å². The van der Waals surface area contributed by atoms with Gasteiger partial charge < -0.3 is 16.4 Å². The second kappa shape index (κ2) is 3.70. The Morgan fingerprint density at radius 1 is 1.47 bits per heavy atom. The van der Waals surface area contributed by atoms with Crippen molar-refractivity contribution in [2.45, 2.75) is 25.4 Å². The van der Waals surface area contributed by atoms with Gasteiger partial charge in [-0.3, -0.25) is 0 Å². The smallest absolute Gasteiger partial charge is 0.148 e. The van der Waals surface area contributed by atoms with Crippen LogP contribution in [0.1, 0.15) is 18.4 Å². The summed E-state index contributed by atoms with van der Waals surface area (Å²) in [7, 11) is 1.91. The molecule has 1 saturated carbocycles. The van der Waals surface area contributed by atoms with Gasteiger partial charge in [0.15, 0.2) is 0 Å².